The average molecular weight is 193 g/mol. The number of benzene rings is 1. The number of nitrogens with two attached hydrogens (primary N) is 1. The highest BCUT2D eigenvalue weighted by atomic mass is 19.1. The molecule has 76 valence electrons. The van der Waals surface area contributed by atoms with Crippen LogP contribution in [0.25, 0.3) is 0 Å². The third-order valence-electron chi connectivity index (χ3n) is 3.23. The molecule has 1 saturated carbocycles. The van der Waals surface area contributed by atoms with E-state index in [4.69, 9.17) is 5.73 Å². The minimum absolute atomic E-state index is 0.143. The van der Waals surface area contributed by atoms with Gasteiger partial charge in [0.2, 0.25) is 0 Å². The van der Waals surface area contributed by atoms with E-state index < -0.39 is 0 Å². The molecule has 1 nitrogen and oxygen atoms in total. The van der Waals surface area contributed by atoms with Gasteiger partial charge in [-0.25, -0.2) is 4.39 Å². The molecule has 2 N–H and O–H groups in total. The zero-order chi connectivity index (χ0) is 10.2. The molecule has 0 saturated heterocycles. The van der Waals surface area contributed by atoms with E-state index in [0.29, 0.717) is 5.56 Å². The van der Waals surface area contributed by atoms with Gasteiger partial charge in [-0.3, -0.25) is 0 Å². The van der Waals surface area contributed by atoms with E-state index >= 15 is 0 Å². The van der Waals surface area contributed by atoms with Crippen molar-refractivity contribution in [3.05, 3.63) is 35.1 Å². The first-order chi connectivity index (χ1) is 6.62. The maximum atomic E-state index is 13.1. The summed E-state index contributed by atoms with van der Waals surface area (Å²) in [4.78, 5) is 0. The molecule has 0 atom stereocenters. The molecule has 1 aliphatic carbocycles. The van der Waals surface area contributed by atoms with Crippen LogP contribution in [0.1, 0.15) is 36.8 Å². The third-order valence-corrected chi connectivity index (χ3v) is 3.23. The monoisotopic (exact) mass is 193 g/mol. The molecule has 1 fully saturated rings. The highest BCUT2D eigenvalue weighted by Crippen LogP contribution is 2.36. The topological polar surface area (TPSA) is 26.0 Å². The van der Waals surface area contributed by atoms with Gasteiger partial charge in [-0.15, -0.1) is 0 Å². The van der Waals surface area contributed by atoms with Crippen molar-refractivity contribution in [3.63, 3.8) is 0 Å². The van der Waals surface area contributed by atoms with Gasteiger partial charge < -0.3 is 5.73 Å². The van der Waals surface area contributed by atoms with E-state index in [9.17, 15) is 4.39 Å². The van der Waals surface area contributed by atoms with E-state index in [1.54, 1.807) is 6.92 Å². The summed E-state index contributed by atoms with van der Waals surface area (Å²) in [5.41, 5.74) is 7.87. The van der Waals surface area contributed by atoms with Gasteiger partial charge in [0, 0.05) is 5.54 Å². The lowest BCUT2D eigenvalue weighted by Gasteiger charge is -2.24. The van der Waals surface area contributed by atoms with E-state index in [0.717, 1.165) is 18.4 Å². The Hall–Kier alpha value is -0.890. The van der Waals surface area contributed by atoms with Crippen LogP contribution < -0.4 is 5.73 Å². The highest BCUT2D eigenvalue weighted by molar-refractivity contribution is 5.30. The predicted molar refractivity (Wildman–Crippen MR) is 55.5 cm³/mol. The first kappa shape index (κ1) is 9.66. The molecule has 1 aliphatic rings. The number of hydrogen-bond donors (Lipinski definition) is 1. The first-order valence-corrected chi connectivity index (χ1v) is 5.17. The summed E-state index contributed by atoms with van der Waals surface area (Å²) in [6.07, 6.45) is 4.43. The van der Waals surface area contributed by atoms with Gasteiger partial charge >= 0.3 is 0 Å². The lowest BCUT2D eigenvalue weighted by molar-refractivity contribution is 0.460. The Labute approximate surface area is 84.1 Å². The lowest BCUT2D eigenvalue weighted by Crippen LogP contribution is -2.33. The fraction of sp³-hybridized carbons (Fsp3) is 0.500. The van der Waals surface area contributed by atoms with Crippen molar-refractivity contribution >= 4 is 0 Å². The molecule has 14 heavy (non-hydrogen) atoms. The maximum absolute atomic E-state index is 13.1. The van der Waals surface area contributed by atoms with Gasteiger partial charge in [0.25, 0.3) is 0 Å². The van der Waals surface area contributed by atoms with E-state index in [1.807, 2.05) is 12.1 Å². The molecule has 0 bridgehead atoms. The summed E-state index contributed by atoms with van der Waals surface area (Å²) in [7, 11) is 0. The van der Waals surface area contributed by atoms with Gasteiger partial charge in [0.1, 0.15) is 5.82 Å². The Balaban J connectivity index is 2.36. The van der Waals surface area contributed by atoms with Crippen LogP contribution in [0.15, 0.2) is 18.2 Å². The van der Waals surface area contributed by atoms with Gasteiger partial charge in [0.05, 0.1) is 0 Å². The Morgan fingerprint density at radius 1 is 1.29 bits per heavy atom. The summed E-state index contributed by atoms with van der Waals surface area (Å²) in [5, 5.41) is 0. The SMILES string of the molecule is Cc1cc(C2(N)CCCC2)ccc1F. The lowest BCUT2D eigenvalue weighted by atomic mass is 9.88. The molecule has 0 radical (unpaired) electrons. The maximum Gasteiger partial charge on any atom is 0.126 e. The Morgan fingerprint density at radius 2 is 1.93 bits per heavy atom. The molecule has 0 aromatic heterocycles. The normalized spacial score (nSPS) is 19.9. The fourth-order valence-corrected chi connectivity index (χ4v) is 2.25. The third kappa shape index (κ3) is 1.55. The van der Waals surface area contributed by atoms with Crippen LogP contribution in [0, 0.1) is 12.7 Å². The van der Waals surface area contributed by atoms with Crippen LogP contribution >= 0.6 is 0 Å². The largest absolute Gasteiger partial charge is 0.321 e. The Morgan fingerprint density at radius 3 is 2.50 bits per heavy atom. The number of rotatable bonds is 1. The zero-order valence-corrected chi connectivity index (χ0v) is 8.52. The quantitative estimate of drug-likeness (QED) is 0.729. The second kappa shape index (κ2) is 3.35. The van der Waals surface area contributed by atoms with Gasteiger partial charge in [-0.2, -0.15) is 0 Å². The van der Waals surface area contributed by atoms with Crippen LogP contribution in [0.3, 0.4) is 0 Å². The summed E-state index contributed by atoms with van der Waals surface area (Å²) < 4.78 is 13.1. The number of halogens is 1. The number of aryl methyl sites for hydroxylation is 1. The molecule has 0 unspecified atom stereocenters. The van der Waals surface area contributed by atoms with E-state index in [1.165, 1.54) is 18.9 Å². The molecular formula is C12H16FN. The van der Waals surface area contributed by atoms with Crippen molar-refractivity contribution in [3.8, 4) is 0 Å². The van der Waals surface area contributed by atoms with Crippen molar-refractivity contribution in [2.24, 2.45) is 5.73 Å². The second-order valence-electron chi connectivity index (χ2n) is 4.33. The molecular weight excluding hydrogens is 177 g/mol. The standard InChI is InChI=1S/C12H16FN/c1-9-8-10(4-5-11(9)13)12(14)6-2-3-7-12/h4-5,8H,2-3,6-7,14H2,1H3. The van der Waals surface area contributed by atoms with E-state index in [-0.39, 0.29) is 11.4 Å². The zero-order valence-electron chi connectivity index (χ0n) is 8.52. The molecule has 0 spiro atoms. The molecule has 2 rings (SSSR count). The predicted octanol–water partition coefficient (Wildman–Crippen LogP) is 2.86. The average Bonchev–Trinajstić information content (AvgIpc) is 2.58. The van der Waals surface area contributed by atoms with Crippen LogP contribution in [0.4, 0.5) is 4.39 Å². The van der Waals surface area contributed by atoms with Gasteiger partial charge in [-0.1, -0.05) is 25.0 Å². The van der Waals surface area contributed by atoms with Crippen LogP contribution in [0.2, 0.25) is 0 Å². The summed E-state index contributed by atoms with van der Waals surface area (Å²) in [6, 6.07) is 5.24. The van der Waals surface area contributed by atoms with Crippen molar-refractivity contribution in [1.82, 2.24) is 0 Å². The van der Waals surface area contributed by atoms with Crippen molar-refractivity contribution < 1.29 is 4.39 Å². The highest BCUT2D eigenvalue weighted by Gasteiger charge is 2.31. The molecule has 0 aliphatic heterocycles. The summed E-state index contributed by atoms with van der Waals surface area (Å²) in [5.74, 6) is -0.143. The van der Waals surface area contributed by atoms with Gasteiger partial charge in [0.15, 0.2) is 0 Å². The molecule has 1 aromatic rings. The molecule has 1 aromatic carbocycles. The second-order valence-corrected chi connectivity index (χ2v) is 4.33. The Kier molecular flexibility index (Phi) is 2.31. The van der Waals surface area contributed by atoms with Crippen molar-refractivity contribution in [2.75, 3.05) is 0 Å². The molecule has 2 heteroatoms. The van der Waals surface area contributed by atoms with Crippen molar-refractivity contribution in [2.45, 2.75) is 38.1 Å². The smallest absolute Gasteiger partial charge is 0.126 e. The minimum Gasteiger partial charge on any atom is -0.321 e. The van der Waals surface area contributed by atoms with Crippen LogP contribution in [0.5, 0.6) is 0 Å². The summed E-state index contributed by atoms with van der Waals surface area (Å²) >= 11 is 0. The summed E-state index contributed by atoms with van der Waals surface area (Å²) in [6.45, 7) is 1.79. The van der Waals surface area contributed by atoms with Crippen LogP contribution in [-0.4, -0.2) is 0 Å². The Bertz CT molecular complexity index is 340. The van der Waals surface area contributed by atoms with Gasteiger partial charge in [-0.05, 0) is 37.0 Å². The molecule has 0 heterocycles. The minimum atomic E-state index is -0.196. The molecule has 0 amide bonds. The van der Waals surface area contributed by atoms with Crippen LogP contribution in [-0.2, 0) is 5.54 Å². The first-order valence-electron chi connectivity index (χ1n) is 5.17. The number of hydrogen-bond acceptors (Lipinski definition) is 1. The fourth-order valence-electron chi connectivity index (χ4n) is 2.25. The van der Waals surface area contributed by atoms with Crippen molar-refractivity contribution in [1.29, 1.82) is 0 Å². The van der Waals surface area contributed by atoms with E-state index in [2.05, 4.69) is 0 Å².